The van der Waals surface area contributed by atoms with Gasteiger partial charge in [0.1, 0.15) is 5.75 Å². The summed E-state index contributed by atoms with van der Waals surface area (Å²) in [6, 6.07) is 7.29. The van der Waals surface area contributed by atoms with E-state index in [1.54, 1.807) is 0 Å². The minimum atomic E-state index is -0.288. The Balaban J connectivity index is 1.86. The first-order chi connectivity index (χ1) is 11.6. The molecule has 0 saturated heterocycles. The monoisotopic (exact) mass is 350 g/mol. The number of likely N-dealkylation sites (N-methyl/N-ethyl adjacent to an activating group) is 1. The number of amides is 2. The molecule has 2 N–H and O–H groups in total. The number of hydrogen-bond acceptors (Lipinski definition) is 7. The van der Waals surface area contributed by atoms with E-state index >= 15 is 0 Å². The maximum Gasteiger partial charge on any atom is 0.277 e. The fraction of sp³-hybridized carbons (Fsp3) is 0.333. The van der Waals surface area contributed by atoms with Crippen LogP contribution >= 0.6 is 11.8 Å². The smallest absolute Gasteiger partial charge is 0.277 e. The van der Waals surface area contributed by atoms with Crippen LogP contribution in [0.4, 0.5) is 0 Å². The first-order valence-corrected chi connectivity index (χ1v) is 8.27. The highest BCUT2D eigenvalue weighted by Crippen LogP contribution is 2.24. The van der Waals surface area contributed by atoms with Crippen molar-refractivity contribution in [2.24, 2.45) is 0 Å². The van der Waals surface area contributed by atoms with Gasteiger partial charge in [-0.25, -0.2) is 0 Å². The van der Waals surface area contributed by atoms with Crippen molar-refractivity contribution in [1.82, 2.24) is 20.8 Å². The Labute approximate surface area is 143 Å². The molecule has 128 valence electrons. The Hall–Kier alpha value is -2.55. The summed E-state index contributed by atoms with van der Waals surface area (Å²) in [6.07, 6.45) is 0. The van der Waals surface area contributed by atoms with Gasteiger partial charge in [-0.15, -0.1) is 10.2 Å². The minimum absolute atomic E-state index is 0.0584. The number of nitrogens with zero attached hydrogens (tertiary/aromatic N) is 2. The largest absolute Gasteiger partial charge is 0.494 e. The van der Waals surface area contributed by atoms with Gasteiger partial charge in [0.2, 0.25) is 17.7 Å². The van der Waals surface area contributed by atoms with Gasteiger partial charge < -0.3 is 19.8 Å². The maximum atomic E-state index is 11.6. The molecule has 0 spiro atoms. The molecule has 0 fully saturated rings. The van der Waals surface area contributed by atoms with E-state index in [1.807, 2.05) is 31.2 Å². The van der Waals surface area contributed by atoms with Gasteiger partial charge in [-0.05, 0) is 31.2 Å². The van der Waals surface area contributed by atoms with Crippen LogP contribution < -0.4 is 15.4 Å². The van der Waals surface area contributed by atoms with Crippen molar-refractivity contribution in [1.29, 1.82) is 0 Å². The van der Waals surface area contributed by atoms with Gasteiger partial charge >= 0.3 is 0 Å². The zero-order chi connectivity index (χ0) is 17.4. The predicted octanol–water partition coefficient (Wildman–Crippen LogP) is 1.09. The molecule has 1 aromatic carbocycles. The van der Waals surface area contributed by atoms with Crippen LogP contribution in [0, 0.1) is 0 Å². The minimum Gasteiger partial charge on any atom is -0.494 e. The fourth-order valence-electron chi connectivity index (χ4n) is 1.69. The third kappa shape index (κ3) is 5.27. The van der Waals surface area contributed by atoms with E-state index in [4.69, 9.17) is 9.15 Å². The summed E-state index contributed by atoms with van der Waals surface area (Å²) in [5.41, 5.74) is 0.766. The number of aromatic nitrogens is 2. The van der Waals surface area contributed by atoms with E-state index in [1.165, 1.54) is 7.05 Å². The fourth-order valence-corrected chi connectivity index (χ4v) is 2.28. The third-order valence-corrected chi connectivity index (χ3v) is 3.69. The molecule has 0 bridgehead atoms. The molecule has 24 heavy (non-hydrogen) atoms. The first kappa shape index (κ1) is 17.8. The Morgan fingerprint density at radius 3 is 2.62 bits per heavy atom. The lowest BCUT2D eigenvalue weighted by Gasteiger charge is -2.02. The molecule has 2 amide bonds. The Bertz CT molecular complexity index is 687. The van der Waals surface area contributed by atoms with Crippen molar-refractivity contribution < 1.29 is 18.7 Å². The first-order valence-electron chi connectivity index (χ1n) is 7.29. The molecule has 1 aromatic heterocycles. The highest BCUT2D eigenvalue weighted by molar-refractivity contribution is 7.99. The molecule has 9 heteroatoms. The summed E-state index contributed by atoms with van der Waals surface area (Å²) < 4.78 is 10.9. The van der Waals surface area contributed by atoms with Crippen LogP contribution in [0.2, 0.25) is 0 Å². The van der Waals surface area contributed by atoms with Crippen molar-refractivity contribution in [3.05, 3.63) is 24.3 Å². The van der Waals surface area contributed by atoms with E-state index in [0.29, 0.717) is 12.5 Å². The summed E-state index contributed by atoms with van der Waals surface area (Å²) in [4.78, 5) is 22.6. The molecule has 0 radical (unpaired) electrons. The topological polar surface area (TPSA) is 106 Å². The number of thioether (sulfide) groups is 1. The Morgan fingerprint density at radius 1 is 1.21 bits per heavy atom. The van der Waals surface area contributed by atoms with Crippen molar-refractivity contribution in [3.8, 4) is 17.2 Å². The average molecular weight is 350 g/mol. The Kier molecular flexibility index (Phi) is 6.62. The molecule has 0 saturated carbocycles. The summed E-state index contributed by atoms with van der Waals surface area (Å²) in [5.74, 6) is 0.671. The van der Waals surface area contributed by atoms with Crippen molar-refractivity contribution in [2.75, 3.05) is 26.0 Å². The van der Waals surface area contributed by atoms with Crippen molar-refractivity contribution in [3.63, 3.8) is 0 Å². The Morgan fingerprint density at radius 2 is 1.96 bits per heavy atom. The zero-order valence-corrected chi connectivity index (χ0v) is 14.2. The van der Waals surface area contributed by atoms with E-state index < -0.39 is 0 Å². The lowest BCUT2D eigenvalue weighted by molar-refractivity contribution is -0.124. The highest BCUT2D eigenvalue weighted by atomic mass is 32.2. The molecule has 0 atom stereocenters. The van der Waals surface area contributed by atoms with Crippen molar-refractivity contribution >= 4 is 23.6 Å². The molecule has 1 heterocycles. The van der Waals surface area contributed by atoms with Gasteiger partial charge in [0.25, 0.3) is 5.22 Å². The van der Waals surface area contributed by atoms with Crippen LogP contribution in [0.25, 0.3) is 11.5 Å². The summed E-state index contributed by atoms with van der Waals surface area (Å²) in [5, 5.41) is 13.0. The quantitative estimate of drug-likeness (QED) is 0.686. The van der Waals surface area contributed by atoms with Gasteiger partial charge in [-0.1, -0.05) is 11.8 Å². The standard InChI is InChI=1S/C15H18N4O4S/c1-3-22-11-6-4-10(5-7-11)14-18-19-15(23-14)24-9-13(21)17-8-12(20)16-2/h4-7H,3,8-9H2,1-2H3,(H,16,20)(H,17,21). The number of carbonyl (C=O) groups is 2. The zero-order valence-electron chi connectivity index (χ0n) is 13.4. The molecule has 2 rings (SSSR count). The normalized spacial score (nSPS) is 10.2. The molecule has 8 nitrogen and oxygen atoms in total. The molecule has 2 aromatic rings. The van der Waals surface area contributed by atoms with E-state index in [0.717, 1.165) is 23.1 Å². The SMILES string of the molecule is CCOc1ccc(-c2nnc(SCC(=O)NCC(=O)NC)o2)cc1. The molecular weight excluding hydrogens is 332 g/mol. The van der Waals surface area contributed by atoms with Gasteiger partial charge in [-0.2, -0.15) is 0 Å². The van der Waals surface area contributed by atoms with E-state index in [9.17, 15) is 9.59 Å². The van der Waals surface area contributed by atoms with Gasteiger partial charge in [0.05, 0.1) is 18.9 Å². The predicted molar refractivity (Wildman–Crippen MR) is 88.7 cm³/mol. The van der Waals surface area contributed by atoms with Gasteiger partial charge in [0, 0.05) is 12.6 Å². The summed E-state index contributed by atoms with van der Waals surface area (Å²) >= 11 is 1.11. The van der Waals surface area contributed by atoms with Crippen LogP contribution in [0.15, 0.2) is 33.9 Å². The maximum absolute atomic E-state index is 11.6. The number of nitrogens with one attached hydrogen (secondary N) is 2. The lowest BCUT2D eigenvalue weighted by atomic mass is 10.2. The second-order valence-corrected chi connectivity index (χ2v) is 5.50. The highest BCUT2D eigenvalue weighted by Gasteiger charge is 2.12. The second kappa shape index (κ2) is 8.92. The number of hydrogen-bond donors (Lipinski definition) is 2. The van der Waals surface area contributed by atoms with Gasteiger partial charge in [-0.3, -0.25) is 9.59 Å². The molecule has 0 aliphatic rings. The average Bonchev–Trinajstić information content (AvgIpc) is 3.07. The van der Waals surface area contributed by atoms with Crippen molar-refractivity contribution in [2.45, 2.75) is 12.1 Å². The molecule has 0 aliphatic carbocycles. The van der Waals surface area contributed by atoms with Crippen LogP contribution in [-0.4, -0.2) is 48.0 Å². The van der Waals surface area contributed by atoms with E-state index in [-0.39, 0.29) is 29.3 Å². The van der Waals surface area contributed by atoms with Crippen LogP contribution in [0.1, 0.15) is 6.92 Å². The van der Waals surface area contributed by atoms with Crippen LogP contribution in [-0.2, 0) is 9.59 Å². The van der Waals surface area contributed by atoms with Crippen LogP contribution in [0.3, 0.4) is 0 Å². The number of benzene rings is 1. The number of carbonyl (C=O) groups excluding carboxylic acids is 2. The second-order valence-electron chi connectivity index (χ2n) is 4.57. The third-order valence-electron chi connectivity index (χ3n) is 2.87. The lowest BCUT2D eigenvalue weighted by Crippen LogP contribution is -2.35. The molecule has 0 aliphatic heterocycles. The van der Waals surface area contributed by atoms with Gasteiger partial charge in [0.15, 0.2) is 0 Å². The summed E-state index contributed by atoms with van der Waals surface area (Å²) in [7, 11) is 1.50. The number of ether oxygens (including phenoxy) is 1. The molecule has 0 unspecified atom stereocenters. The summed E-state index contributed by atoms with van der Waals surface area (Å²) in [6.45, 7) is 2.46. The molecular formula is C15H18N4O4S. The number of rotatable bonds is 8. The van der Waals surface area contributed by atoms with Crippen LogP contribution in [0.5, 0.6) is 5.75 Å². The van der Waals surface area contributed by atoms with E-state index in [2.05, 4.69) is 20.8 Å².